The summed E-state index contributed by atoms with van der Waals surface area (Å²) in [5, 5.41) is 14.9. The molecule has 3 N–H and O–H groups in total. The van der Waals surface area contributed by atoms with Crippen molar-refractivity contribution in [1.29, 1.82) is 0 Å². The topological polar surface area (TPSA) is 83.0 Å². The summed E-state index contributed by atoms with van der Waals surface area (Å²) < 4.78 is 71.2. The summed E-state index contributed by atoms with van der Waals surface area (Å²) in [6.45, 7) is 4.47. The summed E-state index contributed by atoms with van der Waals surface area (Å²) >= 11 is 0. The number of alkyl carbamates (subject to hydrolysis) is 1. The Morgan fingerprint density at radius 3 is 2.41 bits per heavy atom. The third-order valence-corrected chi connectivity index (χ3v) is 4.70. The molecule has 1 aromatic rings. The third kappa shape index (κ3) is 8.25. The van der Waals surface area contributed by atoms with Gasteiger partial charge in [0.1, 0.15) is 23.1 Å². The van der Waals surface area contributed by atoms with Crippen molar-refractivity contribution in [3.05, 3.63) is 35.4 Å². The molecular formula is C21H28F5N3O3. The Labute approximate surface area is 183 Å². The summed E-state index contributed by atoms with van der Waals surface area (Å²) in [5.74, 6) is -1.98. The van der Waals surface area contributed by atoms with Gasteiger partial charge in [-0.15, -0.1) is 0 Å². The van der Waals surface area contributed by atoms with Crippen LogP contribution in [0.3, 0.4) is 0 Å². The van der Waals surface area contributed by atoms with E-state index >= 15 is 0 Å². The van der Waals surface area contributed by atoms with Crippen molar-refractivity contribution >= 4 is 11.9 Å². The predicted molar refractivity (Wildman–Crippen MR) is 108 cm³/mol. The van der Waals surface area contributed by atoms with E-state index in [9.17, 15) is 31.9 Å². The van der Waals surface area contributed by atoms with Gasteiger partial charge >= 0.3 is 12.3 Å². The van der Waals surface area contributed by atoms with E-state index in [0.29, 0.717) is 0 Å². The Morgan fingerprint density at radius 1 is 1.22 bits per heavy atom. The van der Waals surface area contributed by atoms with Gasteiger partial charge in [0.15, 0.2) is 0 Å². The Hall–Kier alpha value is -2.43. The number of aliphatic imine (C=N–C) groups is 1. The summed E-state index contributed by atoms with van der Waals surface area (Å²) in [6.07, 6.45) is -8.03. The second-order valence-corrected chi connectivity index (χ2v) is 8.69. The molecule has 32 heavy (non-hydrogen) atoms. The molecule has 1 heterocycles. The molecule has 180 valence electrons. The molecule has 1 amide bonds. The Balaban J connectivity index is 2.19. The first-order valence-electron chi connectivity index (χ1n) is 10.2. The number of hydrogen-bond donors (Lipinski definition) is 3. The van der Waals surface area contributed by atoms with Crippen LogP contribution < -0.4 is 10.6 Å². The standard InChI is InChI=1S/C21H28F5N3O3/c1-20(2,3)32-19(31)29-16-8-7-12(17-14(22)5-4-6-15(17)23)10-27-18(16)28-11-13(30)9-21(24,25)26/h4-6,12-13,16,30H,7-11H2,1-3H3,(H,27,28)(H,29,31)/t12-,13?,16-/m1/s1. The molecule has 1 aliphatic rings. The van der Waals surface area contributed by atoms with Crippen LogP contribution in [0.2, 0.25) is 0 Å². The van der Waals surface area contributed by atoms with Crippen LogP contribution in [-0.2, 0) is 4.74 Å². The van der Waals surface area contributed by atoms with Gasteiger partial charge in [-0.05, 0) is 45.7 Å². The van der Waals surface area contributed by atoms with Crippen molar-refractivity contribution in [2.45, 2.75) is 69.9 Å². The van der Waals surface area contributed by atoms with Gasteiger partial charge < -0.3 is 20.5 Å². The molecule has 0 saturated heterocycles. The van der Waals surface area contributed by atoms with E-state index in [-0.39, 0.29) is 30.8 Å². The number of carbonyl (C=O) groups is 1. The highest BCUT2D eigenvalue weighted by molar-refractivity contribution is 5.90. The number of aliphatic hydroxyl groups is 1. The normalized spacial score (nSPS) is 20.7. The van der Waals surface area contributed by atoms with Gasteiger partial charge in [0.2, 0.25) is 0 Å². The van der Waals surface area contributed by atoms with E-state index in [2.05, 4.69) is 15.6 Å². The fraction of sp³-hybridized carbons (Fsp3) is 0.619. The minimum atomic E-state index is -4.55. The van der Waals surface area contributed by atoms with Crippen LogP contribution in [0.25, 0.3) is 0 Å². The number of halogens is 5. The highest BCUT2D eigenvalue weighted by Gasteiger charge is 2.33. The molecule has 2 rings (SSSR count). The molecule has 1 unspecified atom stereocenters. The number of aliphatic hydroxyl groups excluding tert-OH is 1. The van der Waals surface area contributed by atoms with E-state index in [1.807, 2.05) is 0 Å². The van der Waals surface area contributed by atoms with E-state index in [4.69, 9.17) is 4.74 Å². The largest absolute Gasteiger partial charge is 0.444 e. The van der Waals surface area contributed by atoms with E-state index in [1.54, 1.807) is 20.8 Å². The van der Waals surface area contributed by atoms with Crippen LogP contribution in [0.1, 0.15) is 51.5 Å². The van der Waals surface area contributed by atoms with E-state index in [1.165, 1.54) is 6.07 Å². The SMILES string of the molecule is CC(C)(C)OC(=O)N[C@@H]1CC[C@@H](c2c(F)cccc2F)CN=C1NCC(O)CC(F)(F)F. The predicted octanol–water partition coefficient (Wildman–Crippen LogP) is 4.04. The number of hydrogen-bond acceptors (Lipinski definition) is 5. The second-order valence-electron chi connectivity index (χ2n) is 8.69. The van der Waals surface area contributed by atoms with Crippen LogP contribution in [0.15, 0.2) is 23.2 Å². The third-order valence-electron chi connectivity index (χ3n) is 4.70. The lowest BCUT2D eigenvalue weighted by Gasteiger charge is -2.25. The van der Waals surface area contributed by atoms with Crippen molar-refractivity contribution < 1.29 is 36.6 Å². The van der Waals surface area contributed by atoms with E-state index < -0.39 is 60.5 Å². The van der Waals surface area contributed by atoms with Crippen molar-refractivity contribution in [3.8, 4) is 0 Å². The lowest BCUT2D eigenvalue weighted by Crippen LogP contribution is -2.49. The van der Waals surface area contributed by atoms with Crippen LogP contribution in [0.4, 0.5) is 26.7 Å². The number of rotatable bonds is 5. The average Bonchev–Trinajstić information content (AvgIpc) is 2.79. The summed E-state index contributed by atoms with van der Waals surface area (Å²) in [5.41, 5.74) is -0.924. The molecule has 11 heteroatoms. The zero-order valence-electron chi connectivity index (χ0n) is 18.1. The number of nitrogens with one attached hydrogen (secondary N) is 2. The first-order chi connectivity index (χ1) is 14.7. The molecule has 1 aliphatic heterocycles. The average molecular weight is 465 g/mol. The maximum atomic E-state index is 14.2. The molecule has 3 atom stereocenters. The number of carbonyl (C=O) groups excluding carboxylic acids is 1. The number of amides is 1. The Morgan fingerprint density at radius 2 is 1.84 bits per heavy atom. The highest BCUT2D eigenvalue weighted by Crippen LogP contribution is 2.29. The van der Waals surface area contributed by atoms with Crippen molar-refractivity contribution in [3.63, 3.8) is 0 Å². The fourth-order valence-electron chi connectivity index (χ4n) is 3.38. The number of benzene rings is 1. The van der Waals surface area contributed by atoms with Gasteiger partial charge in [0.05, 0.1) is 18.6 Å². The molecule has 0 radical (unpaired) electrons. The lowest BCUT2D eigenvalue weighted by molar-refractivity contribution is -0.152. The zero-order valence-corrected chi connectivity index (χ0v) is 18.1. The second kappa shape index (κ2) is 10.5. The van der Waals surface area contributed by atoms with Gasteiger partial charge in [0, 0.05) is 24.6 Å². The first-order valence-corrected chi connectivity index (χ1v) is 10.2. The molecule has 0 bridgehead atoms. The number of amidine groups is 1. The Kier molecular flexibility index (Phi) is 8.44. The minimum Gasteiger partial charge on any atom is -0.444 e. The monoisotopic (exact) mass is 465 g/mol. The number of ether oxygens (including phenoxy) is 1. The van der Waals surface area contributed by atoms with Crippen molar-refractivity contribution in [1.82, 2.24) is 10.6 Å². The maximum absolute atomic E-state index is 14.2. The quantitative estimate of drug-likeness (QED) is 0.574. The number of nitrogens with zero attached hydrogens (tertiary/aromatic N) is 1. The molecule has 0 aromatic heterocycles. The maximum Gasteiger partial charge on any atom is 0.408 e. The highest BCUT2D eigenvalue weighted by atomic mass is 19.4. The molecule has 0 aliphatic carbocycles. The van der Waals surface area contributed by atoms with Gasteiger partial charge in [-0.1, -0.05) is 6.07 Å². The van der Waals surface area contributed by atoms with Crippen molar-refractivity contribution in [2.75, 3.05) is 13.1 Å². The minimum absolute atomic E-state index is 0.0535. The number of alkyl halides is 3. The fourth-order valence-corrected chi connectivity index (χ4v) is 3.38. The molecule has 0 saturated carbocycles. The summed E-state index contributed by atoms with van der Waals surface area (Å²) in [6, 6.07) is 2.71. The molecule has 1 aromatic carbocycles. The summed E-state index contributed by atoms with van der Waals surface area (Å²) in [7, 11) is 0. The van der Waals surface area contributed by atoms with Gasteiger partial charge in [-0.3, -0.25) is 4.99 Å². The van der Waals surface area contributed by atoms with Crippen LogP contribution in [0, 0.1) is 11.6 Å². The lowest BCUT2D eigenvalue weighted by atomic mass is 9.92. The van der Waals surface area contributed by atoms with Gasteiger partial charge in [-0.25, -0.2) is 13.6 Å². The first kappa shape index (κ1) is 25.8. The van der Waals surface area contributed by atoms with Crippen LogP contribution >= 0.6 is 0 Å². The summed E-state index contributed by atoms with van der Waals surface area (Å²) in [4.78, 5) is 16.5. The van der Waals surface area contributed by atoms with Crippen molar-refractivity contribution in [2.24, 2.45) is 4.99 Å². The molecule has 0 spiro atoms. The van der Waals surface area contributed by atoms with Gasteiger partial charge in [-0.2, -0.15) is 13.2 Å². The zero-order chi connectivity index (χ0) is 24.1. The van der Waals surface area contributed by atoms with E-state index in [0.717, 1.165) is 12.1 Å². The van der Waals surface area contributed by atoms with Crippen LogP contribution in [0.5, 0.6) is 0 Å². The molecule has 0 fully saturated rings. The van der Waals surface area contributed by atoms with Crippen LogP contribution in [-0.4, -0.2) is 54.0 Å². The van der Waals surface area contributed by atoms with Gasteiger partial charge in [0.25, 0.3) is 0 Å². The molecule has 6 nitrogen and oxygen atoms in total. The molecular weight excluding hydrogens is 437 g/mol. The Bertz CT molecular complexity index is 804. The smallest absolute Gasteiger partial charge is 0.408 e.